The summed E-state index contributed by atoms with van der Waals surface area (Å²) in [5.41, 5.74) is 13.4. The van der Waals surface area contributed by atoms with E-state index < -0.39 is 6.04 Å². The monoisotopic (exact) mass is 290 g/mol. The molecule has 0 saturated carbocycles. The number of nitrogen functional groups attached to an aromatic ring is 1. The predicted octanol–water partition coefficient (Wildman–Crippen LogP) is 0.854. The number of nitrogens with two attached hydrogens (primary N) is 2. The first-order valence-electron chi connectivity index (χ1n) is 7.13. The number of carbonyl (C=O) groups is 2. The Morgan fingerprint density at radius 3 is 2.81 bits per heavy atom. The smallest absolute Gasteiger partial charge is 0.241 e. The molecule has 0 bridgehead atoms. The third-order valence-corrected chi connectivity index (χ3v) is 4.13. The van der Waals surface area contributed by atoms with Crippen LogP contribution in [-0.2, 0) is 9.59 Å². The van der Waals surface area contributed by atoms with Crippen LogP contribution in [0.5, 0.6) is 0 Å². The largest absolute Gasteiger partial charge is 0.398 e. The van der Waals surface area contributed by atoms with Crippen LogP contribution in [0.15, 0.2) is 18.2 Å². The molecule has 2 amide bonds. The fraction of sp³-hybridized carbons (Fsp3) is 0.467. The van der Waals surface area contributed by atoms with Crippen LogP contribution in [-0.4, -0.2) is 35.3 Å². The Kier molecular flexibility index (Phi) is 4.47. The van der Waals surface area contributed by atoms with Crippen molar-refractivity contribution >= 4 is 23.2 Å². The summed E-state index contributed by atoms with van der Waals surface area (Å²) in [6.45, 7) is 4.36. The van der Waals surface area contributed by atoms with Crippen molar-refractivity contribution in [3.63, 3.8) is 0 Å². The minimum atomic E-state index is -0.411. The maximum atomic E-state index is 12.4. The maximum absolute atomic E-state index is 12.4. The molecule has 6 nitrogen and oxygen atoms in total. The lowest BCUT2D eigenvalue weighted by Crippen LogP contribution is -2.49. The summed E-state index contributed by atoms with van der Waals surface area (Å²) < 4.78 is 0. The van der Waals surface area contributed by atoms with E-state index >= 15 is 0 Å². The standard InChI is InChI=1S/C15H22N4O2/c1-9-11(16)5-3-6-12(9)18-15(21)10(2)19-8-4-7-13(19)14(17)20/h3,5-6,10,13H,4,7-8,16H2,1-2H3,(H2,17,20)(H,18,21). The number of anilines is 2. The van der Waals surface area contributed by atoms with Gasteiger partial charge in [0.25, 0.3) is 0 Å². The van der Waals surface area contributed by atoms with Crippen molar-refractivity contribution in [3.05, 3.63) is 23.8 Å². The summed E-state index contributed by atoms with van der Waals surface area (Å²) in [7, 11) is 0. The Bertz CT molecular complexity index is 559. The Morgan fingerprint density at radius 2 is 2.14 bits per heavy atom. The zero-order chi connectivity index (χ0) is 15.6. The van der Waals surface area contributed by atoms with Gasteiger partial charge in [0.1, 0.15) is 0 Å². The summed E-state index contributed by atoms with van der Waals surface area (Å²) in [6.07, 6.45) is 1.59. The zero-order valence-corrected chi connectivity index (χ0v) is 12.4. The van der Waals surface area contributed by atoms with Crippen LogP contribution in [0, 0.1) is 6.92 Å². The Morgan fingerprint density at radius 1 is 1.43 bits per heavy atom. The molecule has 0 radical (unpaired) electrons. The fourth-order valence-electron chi connectivity index (χ4n) is 2.73. The van der Waals surface area contributed by atoms with Gasteiger partial charge in [0.2, 0.25) is 11.8 Å². The Balaban J connectivity index is 2.09. The molecule has 1 saturated heterocycles. The van der Waals surface area contributed by atoms with Gasteiger partial charge < -0.3 is 16.8 Å². The van der Waals surface area contributed by atoms with Crippen LogP contribution < -0.4 is 16.8 Å². The van der Waals surface area contributed by atoms with E-state index in [0.29, 0.717) is 24.3 Å². The third kappa shape index (κ3) is 3.16. The lowest BCUT2D eigenvalue weighted by atomic mass is 10.1. The topological polar surface area (TPSA) is 101 Å². The van der Waals surface area contributed by atoms with E-state index in [1.807, 2.05) is 17.9 Å². The van der Waals surface area contributed by atoms with Crippen molar-refractivity contribution in [1.29, 1.82) is 0 Å². The molecular weight excluding hydrogens is 268 g/mol. The van der Waals surface area contributed by atoms with Gasteiger partial charge in [-0.3, -0.25) is 14.5 Å². The highest BCUT2D eigenvalue weighted by atomic mass is 16.2. The highest BCUT2D eigenvalue weighted by Crippen LogP contribution is 2.23. The second-order valence-electron chi connectivity index (χ2n) is 5.48. The molecule has 21 heavy (non-hydrogen) atoms. The average Bonchev–Trinajstić information content (AvgIpc) is 2.92. The van der Waals surface area contributed by atoms with Crippen molar-refractivity contribution in [2.45, 2.75) is 38.8 Å². The first kappa shape index (κ1) is 15.3. The van der Waals surface area contributed by atoms with Crippen LogP contribution in [0.2, 0.25) is 0 Å². The van der Waals surface area contributed by atoms with Crippen LogP contribution >= 0.6 is 0 Å². The van der Waals surface area contributed by atoms with E-state index in [0.717, 1.165) is 12.0 Å². The number of likely N-dealkylation sites (tertiary alicyclic amines) is 1. The van der Waals surface area contributed by atoms with Gasteiger partial charge in [0.05, 0.1) is 12.1 Å². The zero-order valence-electron chi connectivity index (χ0n) is 12.4. The number of primary amides is 1. The Hall–Kier alpha value is -2.08. The number of nitrogens with one attached hydrogen (secondary N) is 1. The molecule has 1 aliphatic rings. The van der Waals surface area contributed by atoms with Gasteiger partial charge in [-0.15, -0.1) is 0 Å². The van der Waals surface area contributed by atoms with Crippen LogP contribution in [0.1, 0.15) is 25.3 Å². The molecule has 1 aromatic carbocycles. The second-order valence-corrected chi connectivity index (χ2v) is 5.48. The number of hydrogen-bond donors (Lipinski definition) is 3. The van der Waals surface area contributed by atoms with Crippen molar-refractivity contribution in [1.82, 2.24) is 4.90 Å². The summed E-state index contributed by atoms with van der Waals surface area (Å²) in [5, 5.41) is 2.87. The number of hydrogen-bond acceptors (Lipinski definition) is 4. The average molecular weight is 290 g/mol. The first-order chi connectivity index (χ1) is 9.91. The van der Waals surface area contributed by atoms with Gasteiger partial charge in [-0.25, -0.2) is 0 Å². The molecule has 2 atom stereocenters. The normalized spacial score (nSPS) is 20.2. The van der Waals surface area contributed by atoms with Crippen LogP contribution in [0.3, 0.4) is 0 Å². The molecule has 1 aromatic rings. The van der Waals surface area contributed by atoms with Gasteiger partial charge in [0.15, 0.2) is 0 Å². The van der Waals surface area contributed by atoms with E-state index in [1.54, 1.807) is 19.1 Å². The molecule has 2 unspecified atom stereocenters. The van der Waals surface area contributed by atoms with Crippen molar-refractivity contribution < 1.29 is 9.59 Å². The first-order valence-corrected chi connectivity index (χ1v) is 7.13. The van der Waals surface area contributed by atoms with E-state index in [1.165, 1.54) is 0 Å². The molecule has 0 aliphatic carbocycles. The fourth-order valence-corrected chi connectivity index (χ4v) is 2.73. The number of benzene rings is 1. The quantitative estimate of drug-likeness (QED) is 0.716. The maximum Gasteiger partial charge on any atom is 0.241 e. The lowest BCUT2D eigenvalue weighted by Gasteiger charge is -2.28. The molecule has 1 heterocycles. The number of nitrogens with zero attached hydrogens (tertiary/aromatic N) is 1. The van der Waals surface area contributed by atoms with Crippen molar-refractivity contribution in [3.8, 4) is 0 Å². The summed E-state index contributed by atoms with van der Waals surface area (Å²) in [6, 6.07) is 4.63. The molecule has 0 aromatic heterocycles. The summed E-state index contributed by atoms with van der Waals surface area (Å²) >= 11 is 0. The van der Waals surface area contributed by atoms with Crippen molar-refractivity contribution in [2.75, 3.05) is 17.6 Å². The molecule has 5 N–H and O–H groups in total. The van der Waals surface area contributed by atoms with Gasteiger partial charge in [-0.05, 0) is 50.9 Å². The molecule has 6 heteroatoms. The van der Waals surface area contributed by atoms with E-state index in [9.17, 15) is 9.59 Å². The minimum absolute atomic E-state index is 0.156. The van der Waals surface area contributed by atoms with Crippen LogP contribution in [0.25, 0.3) is 0 Å². The molecule has 1 aliphatic heterocycles. The third-order valence-electron chi connectivity index (χ3n) is 4.13. The van der Waals surface area contributed by atoms with E-state index in [2.05, 4.69) is 5.32 Å². The summed E-state index contributed by atoms with van der Waals surface area (Å²) in [4.78, 5) is 25.7. The molecular formula is C15H22N4O2. The van der Waals surface area contributed by atoms with Gasteiger partial charge in [-0.2, -0.15) is 0 Å². The van der Waals surface area contributed by atoms with Gasteiger partial charge >= 0.3 is 0 Å². The summed E-state index contributed by atoms with van der Waals surface area (Å²) in [5.74, 6) is -0.524. The number of carbonyl (C=O) groups excluding carboxylic acids is 2. The SMILES string of the molecule is Cc1c(N)cccc1NC(=O)C(C)N1CCCC1C(N)=O. The van der Waals surface area contributed by atoms with Gasteiger partial charge in [-0.1, -0.05) is 6.07 Å². The lowest BCUT2D eigenvalue weighted by molar-refractivity contribution is -0.126. The predicted molar refractivity (Wildman–Crippen MR) is 82.6 cm³/mol. The van der Waals surface area contributed by atoms with Crippen LogP contribution in [0.4, 0.5) is 11.4 Å². The highest BCUT2D eigenvalue weighted by molar-refractivity contribution is 5.96. The van der Waals surface area contributed by atoms with Crippen molar-refractivity contribution in [2.24, 2.45) is 5.73 Å². The van der Waals surface area contributed by atoms with E-state index in [4.69, 9.17) is 11.5 Å². The van der Waals surface area contributed by atoms with Gasteiger partial charge in [0, 0.05) is 11.4 Å². The minimum Gasteiger partial charge on any atom is -0.398 e. The molecule has 2 rings (SSSR count). The molecule has 0 spiro atoms. The molecule has 114 valence electrons. The van der Waals surface area contributed by atoms with E-state index in [-0.39, 0.29) is 17.9 Å². The highest BCUT2D eigenvalue weighted by Gasteiger charge is 2.35. The number of rotatable bonds is 4. The molecule has 1 fully saturated rings. The number of amides is 2. The Labute approximate surface area is 124 Å². The second kappa shape index (κ2) is 6.13.